The maximum absolute atomic E-state index is 13.8. The number of halogens is 1. The highest BCUT2D eigenvalue weighted by molar-refractivity contribution is 5.76. The lowest BCUT2D eigenvalue weighted by Gasteiger charge is -2.25. The van der Waals surface area contributed by atoms with E-state index in [2.05, 4.69) is 22.3 Å². The zero-order valence-electron chi connectivity index (χ0n) is 15.8. The van der Waals surface area contributed by atoms with Crippen LogP contribution >= 0.6 is 0 Å². The lowest BCUT2D eigenvalue weighted by atomic mass is 10.1. The van der Waals surface area contributed by atoms with Crippen LogP contribution in [0.3, 0.4) is 0 Å². The van der Waals surface area contributed by atoms with Crippen LogP contribution in [0.4, 0.5) is 4.39 Å². The summed E-state index contributed by atoms with van der Waals surface area (Å²) in [5.41, 5.74) is 1.91. The first-order valence-corrected chi connectivity index (χ1v) is 9.55. The second kappa shape index (κ2) is 9.51. The minimum absolute atomic E-state index is 0.0146. The van der Waals surface area contributed by atoms with Crippen molar-refractivity contribution < 1.29 is 13.9 Å². The monoisotopic (exact) mass is 370 g/mol. The smallest absolute Gasteiger partial charge is 0.220 e. The summed E-state index contributed by atoms with van der Waals surface area (Å²) in [5, 5.41) is 3.17. The van der Waals surface area contributed by atoms with E-state index in [9.17, 15) is 9.18 Å². The molecule has 0 aromatic heterocycles. The number of nitrogens with one attached hydrogen (secondary N) is 1. The van der Waals surface area contributed by atoms with Gasteiger partial charge in [0.05, 0.1) is 13.2 Å². The fraction of sp³-hybridized carbons (Fsp3) is 0.409. The van der Waals surface area contributed by atoms with Gasteiger partial charge in [0, 0.05) is 13.0 Å². The van der Waals surface area contributed by atoms with Crippen molar-refractivity contribution in [3.05, 3.63) is 65.5 Å². The summed E-state index contributed by atoms with van der Waals surface area (Å²) in [6.07, 6.45) is 3.27. The van der Waals surface area contributed by atoms with Crippen molar-refractivity contribution in [2.24, 2.45) is 0 Å². The van der Waals surface area contributed by atoms with Crippen molar-refractivity contribution in [3.63, 3.8) is 0 Å². The minimum atomic E-state index is -0.397. The number of methoxy groups -OCH3 is 1. The van der Waals surface area contributed by atoms with Gasteiger partial charge in [0.2, 0.25) is 5.91 Å². The van der Waals surface area contributed by atoms with Crippen molar-refractivity contribution in [2.45, 2.75) is 31.7 Å². The molecule has 0 saturated carbocycles. The minimum Gasteiger partial charge on any atom is -0.494 e. The molecule has 4 nitrogen and oxygen atoms in total. The van der Waals surface area contributed by atoms with Gasteiger partial charge in [-0.1, -0.05) is 36.4 Å². The Morgan fingerprint density at radius 2 is 1.93 bits per heavy atom. The molecule has 1 amide bonds. The molecule has 1 aliphatic heterocycles. The maximum atomic E-state index is 13.8. The van der Waals surface area contributed by atoms with E-state index < -0.39 is 5.82 Å². The average molecular weight is 370 g/mol. The summed E-state index contributed by atoms with van der Waals surface area (Å²) >= 11 is 0. The van der Waals surface area contributed by atoms with Gasteiger partial charge in [0.15, 0.2) is 11.6 Å². The van der Waals surface area contributed by atoms with Crippen molar-refractivity contribution >= 4 is 5.91 Å². The molecule has 0 radical (unpaired) electrons. The van der Waals surface area contributed by atoms with Gasteiger partial charge in [-0.25, -0.2) is 4.39 Å². The van der Waals surface area contributed by atoms with Gasteiger partial charge < -0.3 is 15.0 Å². The summed E-state index contributed by atoms with van der Waals surface area (Å²) in [4.78, 5) is 14.9. The van der Waals surface area contributed by atoms with E-state index in [0.717, 1.165) is 30.8 Å². The fourth-order valence-corrected chi connectivity index (χ4v) is 3.53. The molecule has 5 heteroatoms. The van der Waals surface area contributed by atoms with Crippen LogP contribution in [0.15, 0.2) is 48.5 Å². The zero-order chi connectivity index (χ0) is 19.1. The van der Waals surface area contributed by atoms with Crippen LogP contribution in [-0.2, 0) is 11.2 Å². The summed E-state index contributed by atoms with van der Waals surface area (Å²) in [6.45, 7) is 3.00. The van der Waals surface area contributed by atoms with E-state index in [1.54, 1.807) is 12.1 Å². The molecule has 0 spiro atoms. The topological polar surface area (TPSA) is 41.6 Å². The SMILES string of the molecule is COc1ccc(CCC(=O)NC(CN2CCCC2)c2ccccc2)cc1F. The Kier molecular flexibility index (Phi) is 6.82. The molecule has 1 saturated heterocycles. The van der Waals surface area contributed by atoms with Crippen molar-refractivity contribution in [1.82, 2.24) is 10.2 Å². The molecule has 2 aromatic carbocycles. The van der Waals surface area contributed by atoms with Crippen molar-refractivity contribution in [2.75, 3.05) is 26.7 Å². The Morgan fingerprint density at radius 1 is 1.19 bits per heavy atom. The zero-order valence-corrected chi connectivity index (χ0v) is 15.8. The summed E-state index contributed by atoms with van der Waals surface area (Å²) in [6, 6.07) is 14.9. The van der Waals surface area contributed by atoms with Gasteiger partial charge in [-0.3, -0.25) is 4.79 Å². The second-order valence-electron chi connectivity index (χ2n) is 7.01. The maximum Gasteiger partial charge on any atom is 0.220 e. The Hall–Kier alpha value is -2.40. The van der Waals surface area contributed by atoms with Crippen LogP contribution in [0.2, 0.25) is 0 Å². The number of nitrogens with zero attached hydrogens (tertiary/aromatic N) is 1. The number of hydrogen-bond acceptors (Lipinski definition) is 3. The summed E-state index contributed by atoms with van der Waals surface area (Å²) < 4.78 is 18.7. The molecular formula is C22H27FN2O2. The first-order valence-electron chi connectivity index (χ1n) is 9.55. The Bertz CT molecular complexity index is 745. The largest absolute Gasteiger partial charge is 0.494 e. The van der Waals surface area contributed by atoms with Gasteiger partial charge in [-0.15, -0.1) is 0 Å². The highest BCUT2D eigenvalue weighted by Crippen LogP contribution is 2.20. The molecule has 0 bridgehead atoms. The summed E-state index contributed by atoms with van der Waals surface area (Å²) in [5.74, 6) is -0.191. The standard InChI is InChI=1S/C22H27FN2O2/c1-27-21-11-9-17(15-19(21)23)10-12-22(26)24-20(16-25-13-5-6-14-25)18-7-3-2-4-8-18/h2-4,7-9,11,15,20H,5-6,10,12-14,16H2,1H3,(H,24,26). The molecule has 1 fully saturated rings. The third kappa shape index (κ3) is 5.54. The third-order valence-corrected chi connectivity index (χ3v) is 5.03. The van der Waals surface area contributed by atoms with Gasteiger partial charge in [0.25, 0.3) is 0 Å². The van der Waals surface area contributed by atoms with Gasteiger partial charge >= 0.3 is 0 Å². The quantitative estimate of drug-likeness (QED) is 0.770. The number of benzene rings is 2. The normalized spacial score (nSPS) is 15.5. The Morgan fingerprint density at radius 3 is 2.59 bits per heavy atom. The number of likely N-dealkylation sites (tertiary alicyclic amines) is 1. The number of amides is 1. The lowest BCUT2D eigenvalue weighted by molar-refractivity contribution is -0.121. The second-order valence-corrected chi connectivity index (χ2v) is 7.01. The Balaban J connectivity index is 1.59. The first-order chi connectivity index (χ1) is 13.2. The molecule has 1 atom stereocenters. The fourth-order valence-electron chi connectivity index (χ4n) is 3.53. The first kappa shape index (κ1) is 19.4. The van der Waals surface area contributed by atoms with E-state index >= 15 is 0 Å². The number of rotatable bonds is 8. The van der Waals surface area contributed by atoms with Crippen LogP contribution in [0.5, 0.6) is 5.75 Å². The number of aryl methyl sites for hydroxylation is 1. The molecular weight excluding hydrogens is 343 g/mol. The number of carbonyl (C=O) groups excluding carboxylic acids is 1. The number of hydrogen-bond donors (Lipinski definition) is 1. The molecule has 1 unspecified atom stereocenters. The van der Waals surface area contributed by atoms with E-state index in [-0.39, 0.29) is 17.7 Å². The highest BCUT2D eigenvalue weighted by atomic mass is 19.1. The van der Waals surface area contributed by atoms with Crippen molar-refractivity contribution in [1.29, 1.82) is 0 Å². The predicted molar refractivity (Wildman–Crippen MR) is 104 cm³/mol. The predicted octanol–water partition coefficient (Wildman–Crippen LogP) is 3.72. The van der Waals surface area contributed by atoms with E-state index in [0.29, 0.717) is 12.8 Å². The van der Waals surface area contributed by atoms with Crippen LogP contribution in [0.1, 0.15) is 36.4 Å². The highest BCUT2D eigenvalue weighted by Gasteiger charge is 2.20. The van der Waals surface area contributed by atoms with Gasteiger partial charge in [0.1, 0.15) is 0 Å². The molecule has 1 heterocycles. The van der Waals surface area contributed by atoms with Crippen molar-refractivity contribution in [3.8, 4) is 5.75 Å². The van der Waals surface area contributed by atoms with Crippen LogP contribution in [0, 0.1) is 5.82 Å². The molecule has 1 aliphatic rings. The lowest BCUT2D eigenvalue weighted by Crippen LogP contribution is -2.37. The molecule has 3 rings (SSSR count). The molecule has 2 aromatic rings. The third-order valence-electron chi connectivity index (χ3n) is 5.03. The molecule has 27 heavy (non-hydrogen) atoms. The Labute approximate surface area is 160 Å². The average Bonchev–Trinajstić information content (AvgIpc) is 3.20. The van der Waals surface area contributed by atoms with E-state index in [4.69, 9.17) is 4.74 Å². The van der Waals surface area contributed by atoms with Gasteiger partial charge in [-0.05, 0) is 55.6 Å². The van der Waals surface area contributed by atoms with E-state index in [1.165, 1.54) is 26.0 Å². The molecule has 1 N–H and O–H groups in total. The molecule has 144 valence electrons. The van der Waals surface area contributed by atoms with Crippen LogP contribution in [0.25, 0.3) is 0 Å². The summed E-state index contributed by atoms with van der Waals surface area (Å²) in [7, 11) is 1.44. The molecule has 0 aliphatic carbocycles. The number of ether oxygens (including phenoxy) is 1. The van der Waals surface area contributed by atoms with E-state index in [1.807, 2.05) is 18.2 Å². The number of carbonyl (C=O) groups is 1. The van der Waals surface area contributed by atoms with Crippen LogP contribution in [-0.4, -0.2) is 37.6 Å². The van der Waals surface area contributed by atoms with Gasteiger partial charge in [-0.2, -0.15) is 0 Å². The van der Waals surface area contributed by atoms with Crippen LogP contribution < -0.4 is 10.1 Å².